The molecule has 1 aliphatic heterocycles. The monoisotopic (exact) mass is 1040 g/mol. The molecule has 8 fully saturated rings. The van der Waals surface area contributed by atoms with Crippen molar-refractivity contribution in [2.24, 2.45) is 35.5 Å². The van der Waals surface area contributed by atoms with Crippen molar-refractivity contribution < 1.29 is 71.2 Å². The molecule has 0 amide bonds. The van der Waals surface area contributed by atoms with Gasteiger partial charge >= 0.3 is 32.5 Å². The summed E-state index contributed by atoms with van der Waals surface area (Å²) in [7, 11) is -5.71. The summed E-state index contributed by atoms with van der Waals surface area (Å²) in [5.41, 5.74) is -8.14. The Morgan fingerprint density at radius 2 is 0.712 bits per heavy atom. The Bertz CT molecular complexity index is 3030. The Labute approximate surface area is 410 Å². The Morgan fingerprint density at radius 3 is 0.986 bits per heavy atom. The van der Waals surface area contributed by atoms with Crippen LogP contribution >= 0.6 is 7.82 Å². The number of benzene rings is 6. The highest BCUT2D eigenvalue weighted by molar-refractivity contribution is 7.48. The number of hydrogen-bond donors (Lipinski definition) is 1. The molecule has 4 nitrogen and oxygen atoms in total. The molecular formula is C56H45F12O4P. The van der Waals surface area contributed by atoms with E-state index >= 15 is 0 Å². The molecule has 6 aromatic rings. The van der Waals surface area contributed by atoms with Crippen molar-refractivity contribution >= 4 is 29.4 Å². The van der Waals surface area contributed by atoms with Crippen LogP contribution in [0.1, 0.15) is 110 Å². The van der Waals surface area contributed by atoms with Gasteiger partial charge in [-0.05, 0) is 216 Å². The maximum absolute atomic E-state index is 14.7. The lowest BCUT2D eigenvalue weighted by Gasteiger charge is -2.57. The average Bonchev–Trinajstić information content (AvgIpc) is 3.41. The number of alkyl halides is 12. The van der Waals surface area contributed by atoms with Gasteiger partial charge in [-0.25, -0.2) is 4.57 Å². The van der Waals surface area contributed by atoms with Gasteiger partial charge in [0.2, 0.25) is 0 Å². The lowest BCUT2D eigenvalue weighted by atomic mass is 9.48. The lowest BCUT2D eigenvalue weighted by molar-refractivity contribution is -0.144. The Kier molecular flexibility index (Phi) is 10.1. The van der Waals surface area contributed by atoms with Crippen LogP contribution in [0.15, 0.2) is 84.9 Å². The molecule has 382 valence electrons. The third-order valence-corrected chi connectivity index (χ3v) is 18.8. The first-order valence-electron chi connectivity index (χ1n) is 24.7. The van der Waals surface area contributed by atoms with Crippen molar-refractivity contribution in [2.45, 2.75) is 113 Å². The second kappa shape index (κ2) is 15.4. The van der Waals surface area contributed by atoms with Crippen LogP contribution in [0.2, 0.25) is 0 Å². The van der Waals surface area contributed by atoms with Gasteiger partial charge < -0.3 is 9.05 Å². The third kappa shape index (κ3) is 7.87. The van der Waals surface area contributed by atoms with Crippen molar-refractivity contribution in [2.75, 3.05) is 0 Å². The highest BCUT2D eigenvalue weighted by Crippen LogP contribution is 2.66. The SMILES string of the molecule is O=P1(O)Oc2c(-c3cc(C(F)(F)F)cc(C(F)(F)F)c3)cc3cc(C45CC6CC(CC(C6)C4)C5)ccc3c2-c2c(c(-c3cc(C(F)(F)F)cc(C(F)(F)F)c3)cc3cc(C45CC6CC(CC(C6)C4)C5)ccc23)O1. The first kappa shape index (κ1) is 47.5. The fourth-order valence-electron chi connectivity index (χ4n) is 15.9. The molecule has 0 saturated heterocycles. The zero-order valence-corrected chi connectivity index (χ0v) is 39.6. The molecule has 8 saturated carbocycles. The van der Waals surface area contributed by atoms with Gasteiger partial charge in [0, 0.05) is 22.3 Å². The van der Waals surface area contributed by atoms with Crippen LogP contribution < -0.4 is 9.05 Å². The molecule has 15 rings (SSSR count). The summed E-state index contributed by atoms with van der Waals surface area (Å²) in [5.74, 6) is 1.46. The fourth-order valence-corrected chi connectivity index (χ4v) is 16.8. The number of phosphoric acid groups is 1. The van der Waals surface area contributed by atoms with E-state index in [0.717, 1.165) is 88.2 Å². The minimum atomic E-state index is -5.71. The summed E-state index contributed by atoms with van der Waals surface area (Å²) < 4.78 is 202. The number of halogens is 12. The fraction of sp³-hybridized carbons (Fsp3) is 0.429. The summed E-state index contributed by atoms with van der Waals surface area (Å²) in [6.07, 6.45) is -9.46. The average molecular weight is 1040 g/mol. The maximum Gasteiger partial charge on any atom is 0.584 e. The Balaban J connectivity index is 1.15. The highest BCUT2D eigenvalue weighted by Gasteiger charge is 2.53. The molecule has 0 atom stereocenters. The van der Waals surface area contributed by atoms with Crippen LogP contribution in [0.25, 0.3) is 54.9 Å². The van der Waals surface area contributed by atoms with Crippen molar-refractivity contribution in [3.8, 4) is 44.9 Å². The van der Waals surface area contributed by atoms with Crippen LogP contribution in [0.3, 0.4) is 0 Å². The largest absolute Gasteiger partial charge is 0.584 e. The van der Waals surface area contributed by atoms with Gasteiger partial charge in [0.05, 0.1) is 22.3 Å². The summed E-state index contributed by atoms with van der Waals surface area (Å²) in [6.45, 7) is 0. The maximum atomic E-state index is 14.7. The van der Waals surface area contributed by atoms with Gasteiger partial charge in [0.1, 0.15) is 11.5 Å². The molecule has 0 radical (unpaired) electrons. The molecule has 0 spiro atoms. The van der Waals surface area contributed by atoms with Crippen LogP contribution in [0, 0.1) is 35.5 Å². The molecule has 1 heterocycles. The van der Waals surface area contributed by atoms with Gasteiger partial charge in [-0.1, -0.05) is 36.4 Å². The minimum Gasteiger partial charge on any atom is -0.394 e. The minimum absolute atomic E-state index is 0.0456. The van der Waals surface area contributed by atoms with E-state index in [2.05, 4.69) is 0 Å². The number of fused-ring (bicyclic) bond motifs is 7. The molecule has 8 aliphatic carbocycles. The third-order valence-electron chi connectivity index (χ3n) is 17.9. The van der Waals surface area contributed by atoms with E-state index < -0.39 is 88.5 Å². The van der Waals surface area contributed by atoms with Gasteiger partial charge in [-0.15, -0.1) is 0 Å². The molecule has 9 aliphatic rings. The first-order valence-corrected chi connectivity index (χ1v) is 26.2. The summed E-state index contributed by atoms with van der Waals surface area (Å²) >= 11 is 0. The van der Waals surface area contributed by atoms with Gasteiger partial charge in [0.25, 0.3) is 0 Å². The Hall–Kier alpha value is -5.21. The lowest BCUT2D eigenvalue weighted by Crippen LogP contribution is -2.48. The van der Waals surface area contributed by atoms with Crippen LogP contribution in [0.4, 0.5) is 52.7 Å². The molecule has 0 unspecified atom stereocenters. The van der Waals surface area contributed by atoms with E-state index in [4.69, 9.17) is 9.05 Å². The van der Waals surface area contributed by atoms with E-state index in [1.54, 1.807) is 12.1 Å². The van der Waals surface area contributed by atoms with Crippen LogP contribution in [-0.2, 0) is 40.1 Å². The second-order valence-corrected chi connectivity index (χ2v) is 24.1. The van der Waals surface area contributed by atoms with Crippen molar-refractivity contribution in [1.82, 2.24) is 0 Å². The summed E-state index contributed by atoms with van der Waals surface area (Å²) in [6, 6.07) is 15.3. The molecule has 6 aromatic carbocycles. The summed E-state index contributed by atoms with van der Waals surface area (Å²) in [5, 5.41) is 1.04. The number of rotatable bonds is 4. The van der Waals surface area contributed by atoms with Gasteiger partial charge in [0.15, 0.2) is 0 Å². The van der Waals surface area contributed by atoms with Crippen molar-refractivity contribution in [3.05, 3.63) is 118 Å². The van der Waals surface area contributed by atoms with E-state index in [1.807, 2.05) is 24.3 Å². The molecular weight excluding hydrogens is 996 g/mol. The quantitative estimate of drug-likeness (QED) is 0.141. The Morgan fingerprint density at radius 1 is 0.425 bits per heavy atom. The summed E-state index contributed by atoms with van der Waals surface area (Å²) in [4.78, 5) is 11.7. The number of hydrogen-bond acceptors (Lipinski definition) is 3. The number of phosphoric ester groups is 1. The highest BCUT2D eigenvalue weighted by atomic mass is 31.2. The van der Waals surface area contributed by atoms with E-state index in [-0.39, 0.29) is 44.9 Å². The zero-order valence-electron chi connectivity index (χ0n) is 38.7. The second-order valence-electron chi connectivity index (χ2n) is 22.8. The van der Waals surface area contributed by atoms with Crippen LogP contribution in [-0.4, -0.2) is 4.89 Å². The van der Waals surface area contributed by atoms with Gasteiger partial charge in [-0.2, -0.15) is 52.7 Å². The molecule has 17 heteroatoms. The smallest absolute Gasteiger partial charge is 0.394 e. The molecule has 73 heavy (non-hydrogen) atoms. The van der Waals surface area contributed by atoms with Crippen molar-refractivity contribution in [3.63, 3.8) is 0 Å². The molecule has 8 bridgehead atoms. The topological polar surface area (TPSA) is 55.8 Å². The normalized spacial score (nSPS) is 30.3. The van der Waals surface area contributed by atoms with Crippen molar-refractivity contribution in [1.29, 1.82) is 0 Å². The predicted molar refractivity (Wildman–Crippen MR) is 249 cm³/mol. The van der Waals surface area contributed by atoms with Gasteiger partial charge in [-0.3, -0.25) is 4.89 Å². The van der Waals surface area contributed by atoms with Crippen LogP contribution in [0.5, 0.6) is 11.5 Å². The van der Waals surface area contributed by atoms with E-state index in [0.29, 0.717) is 70.5 Å². The first-order chi connectivity index (χ1) is 34.2. The molecule has 1 N–H and O–H groups in total. The van der Waals surface area contributed by atoms with E-state index in [9.17, 15) is 62.1 Å². The molecule has 0 aromatic heterocycles. The standard InChI is InChI=1S/C56H45F12O4P/c57-53(58,59)39-13-33(14-40(19-39)54(60,61)62)45-17-35-11-37(51-21-27-5-28(22-51)7-29(6-27)23-51)1-3-43(35)47-48-44-4-2-38(52-24-30-8-31(25-52)10-32(9-30)26-52)12-36(44)18-46(50(48)72-73(69,70)71-49(45)47)34-15-41(55(63,64)65)20-42(16-34)56(66,67)68/h1-4,11-20,27-32H,5-10,21-26H2,(H,69,70). The van der Waals surface area contributed by atoms with E-state index in [1.165, 1.54) is 12.1 Å². The predicted octanol–water partition coefficient (Wildman–Crippen LogP) is 17.9. The zero-order chi connectivity index (χ0) is 51.2.